The lowest BCUT2D eigenvalue weighted by Gasteiger charge is -2.22. The molecule has 140 valence electrons. The summed E-state index contributed by atoms with van der Waals surface area (Å²) in [7, 11) is 0. The Kier molecular flexibility index (Phi) is 7.23. The third-order valence-electron chi connectivity index (χ3n) is 4.22. The van der Waals surface area contributed by atoms with E-state index in [2.05, 4.69) is 21.7 Å². The number of hydrogen-bond donors (Lipinski definition) is 2. The molecule has 2 N–H and O–H groups in total. The predicted octanol–water partition coefficient (Wildman–Crippen LogP) is 2.45. The molecule has 2 aliphatic heterocycles. The number of hydrogen-bond acceptors (Lipinski definition) is 5. The molecule has 6 nitrogen and oxygen atoms in total. The van der Waals surface area contributed by atoms with Crippen LogP contribution >= 0.6 is 24.8 Å². The molecule has 0 bridgehead atoms. The summed E-state index contributed by atoms with van der Waals surface area (Å²) in [6, 6.07) is 11.4. The van der Waals surface area contributed by atoms with Crippen LogP contribution in [0.4, 0.5) is 5.82 Å². The molecule has 2 aliphatic rings. The summed E-state index contributed by atoms with van der Waals surface area (Å²) in [4.78, 5) is 16.8. The Hall–Kier alpha value is -1.86. The van der Waals surface area contributed by atoms with Crippen molar-refractivity contribution >= 4 is 36.5 Å². The van der Waals surface area contributed by atoms with Crippen LogP contribution in [0.3, 0.4) is 0 Å². The second kappa shape index (κ2) is 9.19. The van der Waals surface area contributed by atoms with Gasteiger partial charge >= 0.3 is 0 Å². The quantitative estimate of drug-likeness (QED) is 0.831. The first kappa shape index (κ1) is 20.5. The van der Waals surface area contributed by atoms with Gasteiger partial charge in [0.15, 0.2) is 0 Å². The van der Waals surface area contributed by atoms with Crippen molar-refractivity contribution in [3.8, 4) is 17.0 Å². The third kappa shape index (κ3) is 4.45. The maximum Gasteiger partial charge on any atom is 0.245 e. The summed E-state index contributed by atoms with van der Waals surface area (Å²) in [6.45, 7) is 2.44. The number of ether oxygens (including phenoxy) is 2. The van der Waals surface area contributed by atoms with Crippen LogP contribution < -0.4 is 15.4 Å². The highest BCUT2D eigenvalue weighted by Gasteiger charge is 2.21. The SMILES string of the molecule is Cl.Cl.O=C(Nc1cccc(-c2ccc3c(c2)CCO3)n1)C1COCCN1. The highest BCUT2D eigenvalue weighted by atomic mass is 35.5. The van der Waals surface area contributed by atoms with E-state index in [-0.39, 0.29) is 36.8 Å². The summed E-state index contributed by atoms with van der Waals surface area (Å²) in [5.41, 5.74) is 3.05. The van der Waals surface area contributed by atoms with Crippen LogP contribution in [-0.2, 0) is 16.0 Å². The van der Waals surface area contributed by atoms with Gasteiger partial charge in [-0.1, -0.05) is 6.07 Å². The van der Waals surface area contributed by atoms with Crippen LogP contribution in [0.15, 0.2) is 36.4 Å². The Labute approximate surface area is 164 Å². The monoisotopic (exact) mass is 397 g/mol. The molecule has 0 aliphatic carbocycles. The lowest BCUT2D eigenvalue weighted by atomic mass is 10.1. The molecule has 1 amide bonds. The molecule has 1 fully saturated rings. The molecular weight excluding hydrogens is 377 g/mol. The Morgan fingerprint density at radius 3 is 2.88 bits per heavy atom. The molecule has 26 heavy (non-hydrogen) atoms. The van der Waals surface area contributed by atoms with Crippen molar-refractivity contribution in [1.29, 1.82) is 0 Å². The largest absolute Gasteiger partial charge is 0.493 e. The van der Waals surface area contributed by atoms with E-state index >= 15 is 0 Å². The molecule has 3 heterocycles. The molecule has 0 radical (unpaired) electrons. The van der Waals surface area contributed by atoms with Crippen molar-refractivity contribution in [2.75, 3.05) is 31.7 Å². The number of fused-ring (bicyclic) bond motifs is 1. The van der Waals surface area contributed by atoms with E-state index in [1.165, 1.54) is 5.56 Å². The van der Waals surface area contributed by atoms with Gasteiger partial charge in [0.2, 0.25) is 5.91 Å². The van der Waals surface area contributed by atoms with E-state index < -0.39 is 0 Å². The molecule has 1 saturated heterocycles. The fourth-order valence-electron chi connectivity index (χ4n) is 2.96. The number of aromatic nitrogens is 1. The first-order valence-electron chi connectivity index (χ1n) is 8.15. The van der Waals surface area contributed by atoms with Gasteiger partial charge in [0.1, 0.15) is 17.6 Å². The third-order valence-corrected chi connectivity index (χ3v) is 4.22. The first-order valence-corrected chi connectivity index (χ1v) is 8.15. The number of nitrogens with one attached hydrogen (secondary N) is 2. The summed E-state index contributed by atoms with van der Waals surface area (Å²) >= 11 is 0. The van der Waals surface area contributed by atoms with Gasteiger partial charge < -0.3 is 20.1 Å². The lowest BCUT2D eigenvalue weighted by molar-refractivity contribution is -0.120. The standard InChI is InChI=1S/C18H19N3O3.2ClH/c22-18(15-11-23-9-7-19-15)21-17-3-1-2-14(20-17)12-4-5-16-13(10-12)6-8-24-16;;/h1-5,10,15,19H,6-9,11H2,(H,20,21,22);2*1H. The van der Waals surface area contributed by atoms with E-state index in [1.54, 1.807) is 6.07 Å². The number of pyridine rings is 1. The van der Waals surface area contributed by atoms with E-state index in [4.69, 9.17) is 9.47 Å². The number of anilines is 1. The van der Waals surface area contributed by atoms with Gasteiger partial charge in [0.25, 0.3) is 0 Å². The average molecular weight is 398 g/mol. The maximum absolute atomic E-state index is 12.3. The van der Waals surface area contributed by atoms with Crippen LogP contribution in [0.1, 0.15) is 5.56 Å². The molecule has 1 aromatic heterocycles. The summed E-state index contributed by atoms with van der Waals surface area (Å²) in [6.07, 6.45) is 0.924. The van der Waals surface area contributed by atoms with Gasteiger partial charge in [0, 0.05) is 18.5 Å². The Morgan fingerprint density at radius 2 is 2.08 bits per heavy atom. The highest BCUT2D eigenvalue weighted by molar-refractivity contribution is 5.94. The molecule has 0 saturated carbocycles. The van der Waals surface area contributed by atoms with Crippen LogP contribution in [0, 0.1) is 0 Å². The minimum atomic E-state index is -0.332. The van der Waals surface area contributed by atoms with E-state index in [0.717, 1.165) is 30.0 Å². The second-order valence-electron chi connectivity index (χ2n) is 5.90. The molecule has 1 aromatic carbocycles. The lowest BCUT2D eigenvalue weighted by Crippen LogP contribution is -2.48. The molecule has 1 unspecified atom stereocenters. The van der Waals surface area contributed by atoms with Crippen molar-refractivity contribution in [2.24, 2.45) is 0 Å². The van der Waals surface area contributed by atoms with Crippen molar-refractivity contribution in [3.63, 3.8) is 0 Å². The van der Waals surface area contributed by atoms with Gasteiger partial charge in [-0.15, -0.1) is 24.8 Å². The molecule has 4 rings (SSSR count). The van der Waals surface area contributed by atoms with Crippen LogP contribution in [-0.4, -0.2) is 43.3 Å². The summed E-state index contributed by atoms with van der Waals surface area (Å²) in [5.74, 6) is 1.37. The zero-order valence-electron chi connectivity index (χ0n) is 14.1. The number of morpholine rings is 1. The van der Waals surface area contributed by atoms with Gasteiger partial charge in [-0.05, 0) is 35.9 Å². The number of amides is 1. The Morgan fingerprint density at radius 1 is 1.19 bits per heavy atom. The van der Waals surface area contributed by atoms with Gasteiger partial charge in [-0.3, -0.25) is 4.79 Å². The molecule has 2 aromatic rings. The minimum absolute atomic E-state index is 0. The number of carbonyl (C=O) groups is 1. The average Bonchev–Trinajstić information content (AvgIpc) is 3.10. The highest BCUT2D eigenvalue weighted by Crippen LogP contribution is 2.30. The normalized spacial score (nSPS) is 17.9. The minimum Gasteiger partial charge on any atom is -0.493 e. The van der Waals surface area contributed by atoms with Crippen LogP contribution in [0.2, 0.25) is 0 Å². The van der Waals surface area contributed by atoms with E-state index in [1.807, 2.05) is 24.3 Å². The number of nitrogens with zero attached hydrogens (tertiary/aromatic N) is 1. The zero-order valence-corrected chi connectivity index (χ0v) is 15.7. The number of halogens is 2. The molecule has 1 atom stereocenters. The number of rotatable bonds is 3. The van der Waals surface area contributed by atoms with Crippen molar-refractivity contribution < 1.29 is 14.3 Å². The van der Waals surface area contributed by atoms with Gasteiger partial charge in [-0.2, -0.15) is 0 Å². The number of benzene rings is 1. The fraction of sp³-hybridized carbons (Fsp3) is 0.333. The van der Waals surface area contributed by atoms with Crippen LogP contribution in [0.25, 0.3) is 11.3 Å². The molecular formula is C18H21Cl2N3O3. The maximum atomic E-state index is 12.3. The first-order chi connectivity index (χ1) is 11.8. The Bertz CT molecular complexity index is 767. The summed E-state index contributed by atoms with van der Waals surface area (Å²) in [5, 5.41) is 5.99. The smallest absolute Gasteiger partial charge is 0.245 e. The van der Waals surface area contributed by atoms with Crippen molar-refractivity contribution in [3.05, 3.63) is 42.0 Å². The molecule has 8 heteroatoms. The fourth-order valence-corrected chi connectivity index (χ4v) is 2.96. The van der Waals surface area contributed by atoms with E-state index in [0.29, 0.717) is 25.6 Å². The summed E-state index contributed by atoms with van der Waals surface area (Å²) < 4.78 is 10.9. The van der Waals surface area contributed by atoms with Crippen LogP contribution in [0.5, 0.6) is 5.75 Å². The van der Waals surface area contributed by atoms with Gasteiger partial charge in [-0.25, -0.2) is 4.98 Å². The molecule has 0 spiro atoms. The Balaban J connectivity index is 0.00000121. The van der Waals surface area contributed by atoms with Crippen molar-refractivity contribution in [1.82, 2.24) is 10.3 Å². The predicted molar refractivity (Wildman–Crippen MR) is 105 cm³/mol. The number of carbonyl (C=O) groups excluding carboxylic acids is 1. The topological polar surface area (TPSA) is 72.5 Å². The van der Waals surface area contributed by atoms with Gasteiger partial charge in [0.05, 0.1) is 25.5 Å². The second-order valence-corrected chi connectivity index (χ2v) is 5.90. The van der Waals surface area contributed by atoms with Crippen molar-refractivity contribution in [2.45, 2.75) is 12.5 Å². The zero-order chi connectivity index (χ0) is 16.4. The van der Waals surface area contributed by atoms with E-state index in [9.17, 15) is 4.79 Å².